The molecule has 4 aliphatic rings. The highest BCUT2D eigenvalue weighted by molar-refractivity contribution is 6.74. The van der Waals surface area contributed by atoms with Gasteiger partial charge in [0.25, 0.3) is 5.88 Å². The largest absolute Gasteiger partial charge is 0.508 e. The predicted molar refractivity (Wildman–Crippen MR) is 234 cm³/mol. The van der Waals surface area contributed by atoms with Crippen molar-refractivity contribution in [1.29, 1.82) is 0 Å². The molecule has 0 radical (unpaired) electrons. The second kappa shape index (κ2) is 16.6. The third-order valence-corrected chi connectivity index (χ3v) is 17.9. The van der Waals surface area contributed by atoms with Gasteiger partial charge in [-0.15, -0.1) is 13.2 Å². The molecule has 1 fully saturated rings. The van der Waals surface area contributed by atoms with Gasteiger partial charge in [0.2, 0.25) is 5.78 Å². The molecular formula is C49H56FN3O7Si. The van der Waals surface area contributed by atoms with Crippen molar-refractivity contribution in [2.75, 3.05) is 19.6 Å². The van der Waals surface area contributed by atoms with E-state index >= 15 is 14.0 Å². The van der Waals surface area contributed by atoms with Gasteiger partial charge >= 0.3 is 0 Å². The SMILES string of the molecule is C=CCN(CC=C)[C@@H]1c2onc(OCc3ccccc3)c2C(=O)[C@@]2(O[Si](C)(C)C(C)(C)C)C(O)=C3C(=O)c4c(OCc5ccccc5)cc(C5CCCN5)c(F)c4C[C@H]3C[C@@H]12. The standard InChI is InChI=1S/C49H56FN3O7Si/c1-8-23-53(24-9-2)42-35-26-32-25-34-39(37(57-28-30-17-12-10-13-18-30)27-33(41(34)50)36-21-16-22-51-36)43(54)38(32)45(55)49(35,60-61(6,7)48(3,4)5)46(56)40-44(42)59-52-47(40)58-29-31-19-14-11-15-20-31/h8-15,17-20,27,32,35-36,42,51,55H,1-2,16,21-26,28-29H2,3-7H3/t32-,35-,36?,42-,49-/m0/s1. The number of benzene rings is 3. The lowest BCUT2D eigenvalue weighted by molar-refractivity contribution is -0.0525. The summed E-state index contributed by atoms with van der Waals surface area (Å²) in [7, 11) is -3.00. The van der Waals surface area contributed by atoms with Gasteiger partial charge in [0.1, 0.15) is 36.1 Å². The van der Waals surface area contributed by atoms with Crippen LogP contribution < -0.4 is 14.8 Å². The van der Waals surface area contributed by atoms with Gasteiger partial charge in [-0.25, -0.2) is 4.39 Å². The number of ether oxygens (including phenoxy) is 2. The summed E-state index contributed by atoms with van der Waals surface area (Å²) in [6.45, 7) is 20.0. The first-order chi connectivity index (χ1) is 29.2. The van der Waals surface area contributed by atoms with Crippen LogP contribution in [0.15, 0.2) is 108 Å². The summed E-state index contributed by atoms with van der Waals surface area (Å²) in [5.41, 5.74) is 0.529. The van der Waals surface area contributed by atoms with E-state index in [1.807, 2.05) is 73.8 Å². The third kappa shape index (κ3) is 7.41. The molecule has 3 aliphatic carbocycles. The van der Waals surface area contributed by atoms with Gasteiger partial charge in [0.15, 0.2) is 25.5 Å². The number of aliphatic hydroxyl groups is 1. The van der Waals surface area contributed by atoms with Crippen LogP contribution in [-0.4, -0.2) is 60.3 Å². The van der Waals surface area contributed by atoms with Crippen LogP contribution in [0, 0.1) is 17.7 Å². The van der Waals surface area contributed by atoms with Gasteiger partial charge in [-0.3, -0.25) is 14.5 Å². The number of Topliss-reactive ketones (excluding diaryl/α,β-unsaturated/α-hetero) is 2. The highest BCUT2D eigenvalue weighted by atomic mass is 28.4. The number of carbonyl (C=O) groups is 2. The van der Waals surface area contributed by atoms with E-state index in [1.165, 1.54) is 0 Å². The number of hydrogen-bond acceptors (Lipinski definition) is 10. The van der Waals surface area contributed by atoms with E-state index in [2.05, 4.69) is 49.3 Å². The Kier molecular flexibility index (Phi) is 11.6. The fourth-order valence-electron chi connectivity index (χ4n) is 9.52. The molecule has 320 valence electrons. The highest BCUT2D eigenvalue weighted by Crippen LogP contribution is 2.60. The number of halogens is 1. The number of ketones is 2. The maximum absolute atomic E-state index is 17.1. The second-order valence-corrected chi connectivity index (χ2v) is 23.0. The zero-order valence-corrected chi connectivity index (χ0v) is 36.8. The monoisotopic (exact) mass is 845 g/mol. The first-order valence-electron chi connectivity index (χ1n) is 21.3. The minimum Gasteiger partial charge on any atom is -0.508 e. The lowest BCUT2D eigenvalue weighted by Crippen LogP contribution is -2.65. The number of nitrogens with one attached hydrogen (secondary N) is 1. The van der Waals surface area contributed by atoms with Crippen LogP contribution in [0.2, 0.25) is 18.1 Å². The first-order valence-corrected chi connectivity index (χ1v) is 24.2. The Morgan fingerprint density at radius 2 is 1.64 bits per heavy atom. The fourth-order valence-corrected chi connectivity index (χ4v) is 11.0. The maximum atomic E-state index is 17.1. The molecule has 2 N–H and O–H groups in total. The van der Waals surface area contributed by atoms with E-state index in [-0.39, 0.29) is 71.8 Å². The van der Waals surface area contributed by atoms with Crippen molar-refractivity contribution in [3.63, 3.8) is 0 Å². The Morgan fingerprint density at radius 1 is 1.00 bits per heavy atom. The molecule has 5 atom stereocenters. The molecule has 1 saturated heterocycles. The Labute approximate surface area is 358 Å². The number of aromatic nitrogens is 1. The molecule has 12 heteroatoms. The molecule has 1 unspecified atom stereocenters. The fraction of sp³-hybridized carbons (Fsp3) is 0.408. The highest BCUT2D eigenvalue weighted by Gasteiger charge is 2.67. The number of allylic oxidation sites excluding steroid dienone is 1. The van der Waals surface area contributed by atoms with Crippen LogP contribution in [-0.2, 0) is 24.1 Å². The van der Waals surface area contributed by atoms with Crippen LogP contribution in [0.5, 0.6) is 11.6 Å². The van der Waals surface area contributed by atoms with Gasteiger partial charge in [-0.05, 0) is 78.6 Å². The van der Waals surface area contributed by atoms with Crippen molar-refractivity contribution in [2.24, 2.45) is 11.8 Å². The molecule has 1 aliphatic heterocycles. The third-order valence-electron chi connectivity index (χ3n) is 13.5. The van der Waals surface area contributed by atoms with Crippen LogP contribution >= 0.6 is 0 Å². The minimum atomic E-state index is -3.00. The van der Waals surface area contributed by atoms with Gasteiger partial charge in [0.05, 0.1) is 11.6 Å². The molecule has 10 nitrogen and oxygen atoms in total. The normalized spacial score (nSPS) is 23.6. The summed E-state index contributed by atoms with van der Waals surface area (Å²) in [5, 5.41) is 20.5. The van der Waals surface area contributed by atoms with Crippen LogP contribution in [0.3, 0.4) is 0 Å². The maximum Gasteiger partial charge on any atom is 0.265 e. The smallest absolute Gasteiger partial charge is 0.265 e. The molecule has 4 aromatic rings. The lowest BCUT2D eigenvalue weighted by Gasteiger charge is -2.55. The Bertz CT molecular complexity index is 2360. The summed E-state index contributed by atoms with van der Waals surface area (Å²) in [6, 6.07) is 19.8. The number of rotatable bonds is 14. The van der Waals surface area contributed by atoms with E-state index < -0.39 is 60.0 Å². The van der Waals surface area contributed by atoms with Gasteiger partial charge in [-0.1, -0.05) is 93.6 Å². The summed E-state index contributed by atoms with van der Waals surface area (Å²) in [4.78, 5) is 33.3. The number of aliphatic hydroxyl groups excluding tert-OH is 1. The zero-order chi connectivity index (χ0) is 43.3. The molecule has 0 bridgehead atoms. The molecule has 0 amide bonds. The molecule has 0 spiro atoms. The molecule has 8 rings (SSSR count). The van der Waals surface area contributed by atoms with Crippen molar-refractivity contribution in [1.82, 2.24) is 15.4 Å². The number of carbonyl (C=O) groups excluding carboxylic acids is 2. The van der Waals surface area contributed by atoms with Crippen LogP contribution in [0.25, 0.3) is 0 Å². The molecule has 2 heterocycles. The molecule has 61 heavy (non-hydrogen) atoms. The molecule has 0 saturated carbocycles. The van der Waals surface area contributed by atoms with Crippen LogP contribution in [0.1, 0.15) is 101 Å². The van der Waals surface area contributed by atoms with E-state index in [0.29, 0.717) is 18.7 Å². The Balaban J connectivity index is 1.34. The molecular weight excluding hydrogens is 790 g/mol. The Morgan fingerprint density at radius 3 is 2.23 bits per heavy atom. The quantitative estimate of drug-likeness (QED) is 0.0937. The van der Waals surface area contributed by atoms with E-state index in [9.17, 15) is 5.11 Å². The van der Waals surface area contributed by atoms with Gasteiger partial charge < -0.3 is 28.8 Å². The average molecular weight is 846 g/mol. The second-order valence-electron chi connectivity index (χ2n) is 18.3. The van der Waals surface area contributed by atoms with Crippen molar-refractivity contribution in [3.05, 3.63) is 148 Å². The first kappa shape index (κ1) is 42.5. The zero-order valence-electron chi connectivity index (χ0n) is 35.8. The Hall–Kier alpha value is -5.14. The van der Waals surface area contributed by atoms with Crippen molar-refractivity contribution in [2.45, 2.75) is 95.5 Å². The number of fused-ring (bicyclic) bond motifs is 4. The average Bonchev–Trinajstić information content (AvgIpc) is 3.93. The molecule has 1 aromatic heterocycles. The van der Waals surface area contributed by atoms with Gasteiger partial charge in [-0.2, -0.15) is 0 Å². The topological polar surface area (TPSA) is 123 Å². The van der Waals surface area contributed by atoms with Crippen molar-refractivity contribution < 1.29 is 37.5 Å². The number of hydrogen-bond donors (Lipinski definition) is 2. The lowest BCUT2D eigenvalue weighted by atomic mass is 9.58. The minimum absolute atomic E-state index is 0.0328. The summed E-state index contributed by atoms with van der Waals surface area (Å²) in [6.07, 6.45) is 5.44. The molecule has 3 aromatic carbocycles. The van der Waals surface area contributed by atoms with Crippen molar-refractivity contribution >= 4 is 19.9 Å². The summed E-state index contributed by atoms with van der Waals surface area (Å²) in [5.74, 6) is -3.09. The summed E-state index contributed by atoms with van der Waals surface area (Å²) >= 11 is 0. The number of nitrogens with zero attached hydrogens (tertiary/aromatic N) is 2. The van der Waals surface area contributed by atoms with E-state index in [4.69, 9.17) is 18.4 Å². The van der Waals surface area contributed by atoms with E-state index in [0.717, 1.165) is 30.5 Å². The van der Waals surface area contributed by atoms with Gasteiger partial charge in [0, 0.05) is 41.7 Å². The van der Waals surface area contributed by atoms with E-state index in [1.54, 1.807) is 18.2 Å². The van der Waals surface area contributed by atoms with Crippen LogP contribution in [0.4, 0.5) is 4.39 Å². The summed E-state index contributed by atoms with van der Waals surface area (Å²) < 4.78 is 43.4. The predicted octanol–water partition coefficient (Wildman–Crippen LogP) is 9.96. The van der Waals surface area contributed by atoms with Crippen molar-refractivity contribution in [3.8, 4) is 11.6 Å².